The molecule has 0 saturated carbocycles. The van der Waals surface area contributed by atoms with Gasteiger partial charge in [0.2, 0.25) is 0 Å². The molecule has 0 spiro atoms. The molecule has 0 unspecified atom stereocenters. The van der Waals surface area contributed by atoms with Gasteiger partial charge in [0.1, 0.15) is 0 Å². The minimum absolute atomic E-state index is 0. The average molecular weight is 142 g/mol. The topological polar surface area (TPSA) is 41.6 Å². The van der Waals surface area contributed by atoms with Crippen LogP contribution in [0.4, 0.5) is 0 Å². The number of halogens is 2. The first kappa shape index (κ1) is 9.87. The molecule has 0 saturated heterocycles. The summed E-state index contributed by atoms with van der Waals surface area (Å²) in [7, 11) is 0. The molecule has 1 aromatic rings. The lowest BCUT2D eigenvalue weighted by atomic mass is 11.0. The number of nitrogens with one attached hydrogen (secondary N) is 1. The summed E-state index contributed by atoms with van der Waals surface area (Å²) >= 11 is 0. The van der Waals surface area contributed by atoms with Gasteiger partial charge in [-0.1, -0.05) is 0 Å². The maximum absolute atomic E-state index is 3.49. The van der Waals surface area contributed by atoms with Crippen LogP contribution in [0.15, 0.2) is 12.4 Å². The molecule has 1 heterocycles. The maximum atomic E-state index is 3.49. The lowest BCUT2D eigenvalue weighted by molar-refractivity contribution is 0.940. The second-order valence-electron chi connectivity index (χ2n) is 0.656. The number of hydrogen-bond donors (Lipinski definition) is 1. The molecule has 0 fully saturated rings. The summed E-state index contributed by atoms with van der Waals surface area (Å²) in [4.78, 5) is 0. The van der Waals surface area contributed by atoms with E-state index in [0.717, 1.165) is 0 Å². The molecule has 1 N–H and O–H groups in total. The second kappa shape index (κ2) is 5.72. The normalized spacial score (nSPS) is 5.71. The number of aromatic amines is 1. The summed E-state index contributed by atoms with van der Waals surface area (Å²) in [5, 5.41) is 9.33. The van der Waals surface area contributed by atoms with E-state index in [-0.39, 0.29) is 24.8 Å². The van der Waals surface area contributed by atoms with E-state index in [0.29, 0.717) is 0 Å². The first-order chi connectivity index (χ1) is 2.50. The van der Waals surface area contributed by atoms with E-state index >= 15 is 0 Å². The van der Waals surface area contributed by atoms with Gasteiger partial charge in [0.15, 0.2) is 0 Å². The first-order valence-corrected chi connectivity index (χ1v) is 1.30. The summed E-state index contributed by atoms with van der Waals surface area (Å²) in [6.45, 7) is 0. The third-order valence-electron chi connectivity index (χ3n) is 0.331. The standard InChI is InChI=1S/C2H3N3.2ClH/c1-2-4-5-3-1;;/h1-2H,(H,3,4,5);2*1H. The monoisotopic (exact) mass is 141 g/mol. The Bertz CT molecular complexity index is 67.4. The largest absolute Gasteiger partial charge is 0.198 e. The van der Waals surface area contributed by atoms with Gasteiger partial charge in [0.05, 0.1) is 12.4 Å². The molecule has 0 aliphatic rings. The summed E-state index contributed by atoms with van der Waals surface area (Å²) in [6.07, 6.45) is 3.17. The van der Waals surface area contributed by atoms with E-state index in [1.165, 1.54) is 0 Å². The van der Waals surface area contributed by atoms with Crippen molar-refractivity contribution in [2.45, 2.75) is 0 Å². The highest BCUT2D eigenvalue weighted by molar-refractivity contribution is 5.85. The van der Waals surface area contributed by atoms with Crippen LogP contribution < -0.4 is 0 Å². The Labute approximate surface area is 53.3 Å². The molecule has 5 heteroatoms. The molecule has 1 rings (SSSR count). The van der Waals surface area contributed by atoms with Crippen LogP contribution in [0, 0.1) is 0 Å². The molecular formula is C2H5Cl2N3. The summed E-state index contributed by atoms with van der Waals surface area (Å²) in [5.74, 6) is 0. The number of H-pyrrole nitrogens is 1. The van der Waals surface area contributed by atoms with Crippen molar-refractivity contribution in [2.75, 3.05) is 0 Å². The molecule has 1 aromatic heterocycles. The Morgan fingerprint density at radius 1 is 1.00 bits per heavy atom. The van der Waals surface area contributed by atoms with Gasteiger partial charge < -0.3 is 0 Å². The number of aromatic nitrogens is 3. The van der Waals surface area contributed by atoms with Crippen LogP contribution in [0.25, 0.3) is 0 Å². The summed E-state index contributed by atoms with van der Waals surface area (Å²) in [6, 6.07) is 0. The molecule has 0 amide bonds. The molecule has 0 radical (unpaired) electrons. The van der Waals surface area contributed by atoms with Crippen molar-refractivity contribution in [3.05, 3.63) is 12.4 Å². The molecule has 0 aliphatic heterocycles. The lowest BCUT2D eigenvalue weighted by Gasteiger charge is -1.48. The van der Waals surface area contributed by atoms with Crippen molar-refractivity contribution in [3.63, 3.8) is 0 Å². The molecular weight excluding hydrogens is 137 g/mol. The highest BCUT2D eigenvalue weighted by Crippen LogP contribution is 1.55. The van der Waals surface area contributed by atoms with Crippen LogP contribution in [0.1, 0.15) is 0 Å². The zero-order chi connectivity index (χ0) is 3.54. The van der Waals surface area contributed by atoms with Crippen molar-refractivity contribution >= 4 is 24.8 Å². The van der Waals surface area contributed by atoms with E-state index in [4.69, 9.17) is 0 Å². The fourth-order valence-corrected chi connectivity index (χ4v) is 0.167. The van der Waals surface area contributed by atoms with Crippen molar-refractivity contribution in [1.82, 2.24) is 15.4 Å². The molecule has 7 heavy (non-hydrogen) atoms. The fourth-order valence-electron chi connectivity index (χ4n) is 0.167. The van der Waals surface area contributed by atoms with Gasteiger partial charge in [0.25, 0.3) is 0 Å². The van der Waals surface area contributed by atoms with Gasteiger partial charge in [0, 0.05) is 0 Å². The number of nitrogens with zero attached hydrogens (tertiary/aromatic N) is 2. The molecule has 42 valence electrons. The number of hydrogen-bond acceptors (Lipinski definition) is 2. The first-order valence-electron chi connectivity index (χ1n) is 1.30. The third-order valence-corrected chi connectivity index (χ3v) is 0.331. The van der Waals surface area contributed by atoms with Gasteiger partial charge in [-0.25, -0.2) is 0 Å². The maximum Gasteiger partial charge on any atom is 0.0690 e. The van der Waals surface area contributed by atoms with Crippen molar-refractivity contribution in [1.29, 1.82) is 0 Å². The molecule has 0 aliphatic carbocycles. The van der Waals surface area contributed by atoms with E-state index in [1.807, 2.05) is 0 Å². The minimum Gasteiger partial charge on any atom is -0.198 e. The highest BCUT2D eigenvalue weighted by Gasteiger charge is 1.57. The van der Waals surface area contributed by atoms with Crippen molar-refractivity contribution in [3.8, 4) is 0 Å². The molecule has 0 aromatic carbocycles. The van der Waals surface area contributed by atoms with Gasteiger partial charge in [-0.05, 0) is 0 Å². The van der Waals surface area contributed by atoms with Gasteiger partial charge in [-0.15, -0.1) is 24.8 Å². The minimum atomic E-state index is 0. The van der Waals surface area contributed by atoms with E-state index < -0.39 is 0 Å². The SMILES string of the molecule is Cl.Cl.c1cn[nH]n1. The van der Waals surface area contributed by atoms with E-state index in [1.54, 1.807) is 12.4 Å². The Balaban J connectivity index is 0. The zero-order valence-electron chi connectivity index (χ0n) is 3.37. The molecule has 3 nitrogen and oxygen atoms in total. The third kappa shape index (κ3) is 3.55. The smallest absolute Gasteiger partial charge is 0.0690 e. The lowest BCUT2D eigenvalue weighted by Crippen LogP contribution is -1.61. The summed E-state index contributed by atoms with van der Waals surface area (Å²) in [5.41, 5.74) is 0. The van der Waals surface area contributed by atoms with Crippen LogP contribution in [-0.4, -0.2) is 15.4 Å². The van der Waals surface area contributed by atoms with Crippen LogP contribution >= 0.6 is 24.8 Å². The molecule has 0 bridgehead atoms. The highest BCUT2D eigenvalue weighted by atomic mass is 35.5. The number of rotatable bonds is 0. The van der Waals surface area contributed by atoms with Crippen LogP contribution in [0.5, 0.6) is 0 Å². The van der Waals surface area contributed by atoms with Gasteiger partial charge in [-0.3, -0.25) is 0 Å². The summed E-state index contributed by atoms with van der Waals surface area (Å²) < 4.78 is 0. The predicted molar refractivity (Wildman–Crippen MR) is 30.9 cm³/mol. The average Bonchev–Trinajstić information content (AvgIpc) is 1.76. The fraction of sp³-hybridized carbons (Fsp3) is 0. The van der Waals surface area contributed by atoms with E-state index in [9.17, 15) is 0 Å². The van der Waals surface area contributed by atoms with Crippen molar-refractivity contribution < 1.29 is 0 Å². The predicted octanol–water partition coefficient (Wildman–Crippen LogP) is 0.648. The second-order valence-corrected chi connectivity index (χ2v) is 0.656. The van der Waals surface area contributed by atoms with Crippen LogP contribution in [0.3, 0.4) is 0 Å². The Hall–Kier alpha value is -0.280. The molecule has 0 atom stereocenters. The van der Waals surface area contributed by atoms with Gasteiger partial charge >= 0.3 is 0 Å². The van der Waals surface area contributed by atoms with E-state index in [2.05, 4.69) is 15.4 Å². The van der Waals surface area contributed by atoms with Crippen LogP contribution in [0.2, 0.25) is 0 Å². The van der Waals surface area contributed by atoms with Gasteiger partial charge in [-0.2, -0.15) is 15.4 Å². The Morgan fingerprint density at radius 2 is 1.43 bits per heavy atom. The Kier molecular flexibility index (Phi) is 8.06. The van der Waals surface area contributed by atoms with Crippen molar-refractivity contribution in [2.24, 2.45) is 0 Å². The Morgan fingerprint density at radius 3 is 1.57 bits per heavy atom. The quantitative estimate of drug-likeness (QED) is 0.577. The van der Waals surface area contributed by atoms with Crippen LogP contribution in [-0.2, 0) is 0 Å². The zero-order valence-corrected chi connectivity index (χ0v) is 5.00.